The molecule has 6 atom stereocenters. The van der Waals surface area contributed by atoms with Crippen LogP contribution < -0.4 is 56.6 Å². The number of hydroxylamine groups is 4. The number of pyridine rings is 2. The van der Waals surface area contributed by atoms with E-state index in [9.17, 15) is 43.5 Å². The molecule has 6 N–H and O–H groups in total. The molecule has 4 saturated heterocycles. The first-order chi connectivity index (χ1) is 39.8. The molecule has 8 rings (SSSR count). The fourth-order valence-corrected chi connectivity index (χ4v) is 11.2. The number of β-lactam (4-membered cyclic amide) rings is 2. The van der Waals surface area contributed by atoms with E-state index in [1.165, 1.54) is 53.4 Å². The summed E-state index contributed by atoms with van der Waals surface area (Å²) in [6, 6.07) is 21.2. The van der Waals surface area contributed by atoms with Gasteiger partial charge in [-0.25, -0.2) is 36.3 Å². The summed E-state index contributed by atoms with van der Waals surface area (Å²) >= 11 is 0. The monoisotopic (exact) mass is 1230 g/mol. The topological polar surface area (TPSA) is 327 Å². The zero-order valence-corrected chi connectivity index (χ0v) is 54.5. The van der Waals surface area contributed by atoms with Crippen molar-refractivity contribution in [2.45, 2.75) is 135 Å². The van der Waals surface area contributed by atoms with E-state index in [1.807, 2.05) is 93.8 Å². The Labute approximate surface area is 522 Å². The number of nitrogens with zero attached hydrogens (tertiary/aromatic N) is 4. The summed E-state index contributed by atoms with van der Waals surface area (Å²) in [5.74, 6) is -4.21. The molecular formula is C59H73N8NaO16Si2. The van der Waals surface area contributed by atoms with E-state index in [0.717, 1.165) is 16.0 Å². The molecule has 0 saturated carbocycles. The van der Waals surface area contributed by atoms with Crippen LogP contribution in [0.4, 0.5) is 9.59 Å². The largest absolute Gasteiger partial charge is 1.00 e. The van der Waals surface area contributed by atoms with Crippen LogP contribution in [0.3, 0.4) is 0 Å². The minimum atomic E-state index is -2.34. The third kappa shape index (κ3) is 14.8. The number of nitrogens with one attached hydrogen (secondary N) is 4. The Morgan fingerprint density at radius 1 is 0.651 bits per heavy atom. The number of rotatable bonds is 17. The van der Waals surface area contributed by atoms with Crippen LogP contribution >= 0.6 is 0 Å². The first kappa shape index (κ1) is 68.0. The average Bonchev–Trinajstić information content (AvgIpc) is 1.56. The quantitative estimate of drug-likeness (QED) is 0.0167. The second-order valence-electron chi connectivity index (χ2n) is 25.0. The predicted octanol–water partition coefficient (Wildman–Crippen LogP) is 3.56. The maximum atomic E-state index is 14.5. The smallest absolute Gasteiger partial charge is 0.548 e. The van der Waals surface area contributed by atoms with Gasteiger partial charge in [-0.05, 0) is 96.7 Å². The number of hydrogen-bond donors (Lipinski definition) is 6. The second-order valence-corrected chi connectivity index (χ2v) is 34.5. The fraction of sp³-hybridized carbons (Fsp3) is 0.424. The van der Waals surface area contributed by atoms with Gasteiger partial charge >= 0.3 is 47.7 Å². The van der Waals surface area contributed by atoms with Crippen LogP contribution in [0.15, 0.2) is 108 Å². The van der Waals surface area contributed by atoms with Crippen molar-refractivity contribution in [2.24, 2.45) is 10.8 Å². The Morgan fingerprint density at radius 3 is 1.50 bits per heavy atom. The van der Waals surface area contributed by atoms with E-state index < -0.39 is 99.6 Å². The summed E-state index contributed by atoms with van der Waals surface area (Å²) in [4.78, 5) is 113. The maximum Gasteiger partial charge on any atom is 1.00 e. The molecule has 6 amide bonds. The number of esters is 1. The van der Waals surface area contributed by atoms with Crippen LogP contribution in [0.25, 0.3) is 12.2 Å². The fourth-order valence-electron chi connectivity index (χ4n) is 9.93. The number of ether oxygens (including phenoxy) is 3. The maximum absolute atomic E-state index is 14.5. The predicted molar refractivity (Wildman–Crippen MR) is 309 cm³/mol. The summed E-state index contributed by atoms with van der Waals surface area (Å²) in [5.41, 5.74) is 8.98. The number of aliphatic carboxylic acids is 1. The minimum absolute atomic E-state index is 0. The first-order valence-corrected chi connectivity index (χ1v) is 33.2. The van der Waals surface area contributed by atoms with Crippen molar-refractivity contribution < 1.29 is 107 Å². The van der Waals surface area contributed by atoms with Gasteiger partial charge < -0.3 is 43.0 Å². The Balaban J connectivity index is 0.000000331. The number of carbonyl (C=O) groups excluding carboxylic acids is 8. The van der Waals surface area contributed by atoms with Crippen molar-refractivity contribution in [1.82, 2.24) is 41.7 Å². The molecule has 0 aliphatic carbocycles. The van der Waals surface area contributed by atoms with Crippen molar-refractivity contribution in [3.8, 4) is 0 Å². The van der Waals surface area contributed by atoms with Crippen LogP contribution in [0, 0.1) is 10.8 Å². The van der Waals surface area contributed by atoms with Crippen LogP contribution in [0.5, 0.6) is 0 Å². The van der Waals surface area contributed by atoms with Gasteiger partial charge in [0.15, 0.2) is 6.10 Å². The number of aromatic nitrogens is 2. The van der Waals surface area contributed by atoms with Crippen molar-refractivity contribution in [3.05, 3.63) is 142 Å². The average molecular weight is 1230 g/mol. The molecule has 2 unspecified atom stereocenters. The number of benzene rings is 2. The molecule has 454 valence electrons. The standard InChI is InChI=1S/C42H56N4O8Si2.C17H18N4O8.Na/c1-40(2,3)55(8,9)53-44-36(47)30-22-23-43-31(24-30)25-32-33-26-42(7,27-51-39(50)45-54-56(10,11)41(4,5)6)35(46(33)37(32)48)38(49)52-34(28-18-14-12-15-19-28)29-20-16-13-17-21-29;1-17(7-29-16(26)20-28)6-11-10(14(23)21(11)12(17)15(24)25)5-9-4-8(2-3-18-9)13(22)19-27;/h12-25,33-35H,26-27H2,1-11H3,(H,44,47)(H,45,50);2-5,11-12,27-28H,6-7H2,1H3,(H,19,22)(H,20,26)(H,24,25);/q;;+1/p-1/b32-25+;10-5+;/t33?,35-,42-;11?,12-,17-;/m00./s1. The van der Waals surface area contributed by atoms with Crippen molar-refractivity contribution in [1.29, 1.82) is 0 Å². The molecule has 4 aromatic rings. The number of hydrogen-bond acceptors (Lipinski definition) is 18. The Kier molecular flexibility index (Phi) is 21.2. The number of carbonyl (C=O) groups is 8. The molecule has 4 aliphatic heterocycles. The third-order valence-electron chi connectivity index (χ3n) is 16.8. The van der Waals surface area contributed by atoms with Gasteiger partial charge in [-0.15, -0.1) is 0 Å². The number of fused-ring (bicyclic) bond motifs is 2. The number of carboxylic acid groups (broad SMARTS) is 1. The molecule has 0 radical (unpaired) electrons. The first-order valence-electron chi connectivity index (χ1n) is 27.4. The second kappa shape index (κ2) is 26.9. The zero-order valence-electron chi connectivity index (χ0n) is 50.5. The van der Waals surface area contributed by atoms with E-state index in [2.05, 4.69) is 62.5 Å². The molecule has 2 aromatic carbocycles. The van der Waals surface area contributed by atoms with Crippen LogP contribution in [0.2, 0.25) is 36.3 Å². The summed E-state index contributed by atoms with van der Waals surface area (Å²) in [6.07, 6.45) is 3.66. The molecule has 24 nitrogen and oxygen atoms in total. The summed E-state index contributed by atoms with van der Waals surface area (Å²) in [6.45, 7) is 23.2. The van der Waals surface area contributed by atoms with Gasteiger partial charge in [0, 0.05) is 45.5 Å². The van der Waals surface area contributed by atoms with E-state index in [0.29, 0.717) is 23.3 Å². The zero-order chi connectivity index (χ0) is 62.6. The third-order valence-corrected chi connectivity index (χ3v) is 25.2. The van der Waals surface area contributed by atoms with Gasteiger partial charge in [0.2, 0.25) is 16.6 Å². The van der Waals surface area contributed by atoms with Crippen molar-refractivity contribution in [2.75, 3.05) is 13.2 Å². The molecule has 4 aliphatic rings. The molecule has 86 heavy (non-hydrogen) atoms. The Morgan fingerprint density at radius 2 is 1.07 bits per heavy atom. The normalized spacial score (nSPS) is 22.4. The summed E-state index contributed by atoms with van der Waals surface area (Å²) in [5, 5.41) is 28.7. The van der Waals surface area contributed by atoms with Gasteiger partial charge in [-0.3, -0.25) is 39.6 Å². The minimum Gasteiger partial charge on any atom is -0.548 e. The van der Waals surface area contributed by atoms with Crippen LogP contribution in [0.1, 0.15) is 118 Å². The molecule has 4 fully saturated rings. The Bertz CT molecular complexity index is 3250. The Hall–Kier alpha value is -7.15. The molecular weight excluding hydrogens is 1160 g/mol. The van der Waals surface area contributed by atoms with Crippen molar-refractivity contribution >= 4 is 76.5 Å². The van der Waals surface area contributed by atoms with Crippen LogP contribution in [-0.4, -0.2) is 132 Å². The van der Waals surface area contributed by atoms with E-state index in [1.54, 1.807) is 18.2 Å². The van der Waals surface area contributed by atoms with Gasteiger partial charge in [0.05, 0.1) is 35.5 Å². The molecule has 6 heterocycles. The van der Waals surface area contributed by atoms with Crippen molar-refractivity contribution in [3.63, 3.8) is 0 Å². The van der Waals surface area contributed by atoms with Gasteiger partial charge in [-0.2, -0.15) is 0 Å². The number of amides is 6. The van der Waals surface area contributed by atoms with Gasteiger partial charge in [0.1, 0.15) is 19.3 Å². The van der Waals surface area contributed by atoms with E-state index in [4.69, 9.17) is 33.7 Å². The van der Waals surface area contributed by atoms with Gasteiger partial charge in [-0.1, -0.05) is 116 Å². The van der Waals surface area contributed by atoms with Gasteiger partial charge in [0.25, 0.3) is 23.6 Å². The van der Waals surface area contributed by atoms with Crippen LogP contribution in [-0.2, 0) is 42.4 Å². The molecule has 0 bridgehead atoms. The van der Waals surface area contributed by atoms with E-state index >= 15 is 0 Å². The summed E-state index contributed by atoms with van der Waals surface area (Å²) in [7, 11) is -4.61. The number of carboxylic acids is 1. The summed E-state index contributed by atoms with van der Waals surface area (Å²) < 4.78 is 28.6. The SMILES string of the molecule is CC(C)(C)[Si](C)(C)ONC(=O)OC[C@]1(C)CC2/C(=C\c3cc(C(=O)NO[Si](C)(C)C(C)(C)C)ccn3)C(=O)N2[C@H]1C(=O)OC(c1ccccc1)c1ccccc1.C[C@@]1(COC(=O)NO)CC2/C(=C\c3cc(C(=O)NO)ccn3)C(=O)N2[C@H]1C(=O)[O-].[Na+]. The van der Waals surface area contributed by atoms with E-state index in [-0.39, 0.29) is 82.0 Å². The molecule has 2 aromatic heterocycles. The molecule has 27 heteroatoms. The molecule has 0 spiro atoms.